The van der Waals surface area contributed by atoms with Gasteiger partial charge in [0.1, 0.15) is 5.75 Å². The summed E-state index contributed by atoms with van der Waals surface area (Å²) in [6, 6.07) is 15.3. The third-order valence-electron chi connectivity index (χ3n) is 5.38. The van der Waals surface area contributed by atoms with Gasteiger partial charge in [0, 0.05) is 18.7 Å². The van der Waals surface area contributed by atoms with E-state index >= 15 is 0 Å². The lowest BCUT2D eigenvalue weighted by molar-refractivity contribution is 0.102. The second-order valence-electron chi connectivity index (χ2n) is 7.39. The minimum absolute atomic E-state index is 0.180. The van der Waals surface area contributed by atoms with Gasteiger partial charge in [-0.1, -0.05) is 24.6 Å². The van der Waals surface area contributed by atoms with Crippen molar-refractivity contribution in [2.75, 3.05) is 31.6 Å². The molecule has 152 valence electrons. The number of anilines is 1. The number of imidazole rings is 1. The first-order valence-corrected chi connectivity index (χ1v) is 10.5. The summed E-state index contributed by atoms with van der Waals surface area (Å²) in [4.78, 5) is 20.1. The minimum atomic E-state index is -0.180. The van der Waals surface area contributed by atoms with Crippen molar-refractivity contribution < 1.29 is 9.53 Å². The summed E-state index contributed by atoms with van der Waals surface area (Å²) in [6.07, 6.45) is 3.86. The number of fused-ring (bicyclic) bond motifs is 1. The van der Waals surface area contributed by atoms with Crippen LogP contribution in [0.3, 0.4) is 0 Å². The number of amides is 1. The normalized spacial score (nSPS) is 14.8. The number of aromatic nitrogens is 2. The molecule has 3 aromatic rings. The molecule has 6 nitrogen and oxygen atoms in total. The number of piperidine rings is 1. The van der Waals surface area contributed by atoms with Gasteiger partial charge in [0.2, 0.25) is 5.95 Å². The molecule has 0 radical (unpaired) electrons. The van der Waals surface area contributed by atoms with Crippen LogP contribution < -0.4 is 10.1 Å². The van der Waals surface area contributed by atoms with Crippen LogP contribution in [0, 0.1) is 0 Å². The molecule has 0 saturated carbocycles. The van der Waals surface area contributed by atoms with E-state index in [1.54, 1.807) is 12.1 Å². The number of nitrogens with zero attached hydrogens (tertiary/aromatic N) is 3. The summed E-state index contributed by atoms with van der Waals surface area (Å²) in [5, 5.41) is 3.01. The predicted octanol–water partition coefficient (Wildman–Crippen LogP) is 4.17. The molecular weight excluding hydrogens is 364 g/mol. The summed E-state index contributed by atoms with van der Waals surface area (Å²) in [6.45, 7) is 6.56. The van der Waals surface area contributed by atoms with Crippen LogP contribution in [-0.2, 0) is 6.54 Å². The van der Waals surface area contributed by atoms with Crippen LogP contribution in [0.5, 0.6) is 5.75 Å². The van der Waals surface area contributed by atoms with E-state index in [9.17, 15) is 4.79 Å². The number of likely N-dealkylation sites (tertiary alicyclic amines) is 1. The molecule has 1 fully saturated rings. The standard InChI is InChI=1S/C23H28N4O2/c1-2-29-19-10-8-9-18(17-19)22(28)25-23-24-20-11-4-5-12-21(20)27(23)16-15-26-13-6-3-7-14-26/h4-5,8-12,17H,2-3,6-7,13-16H2,1H3,(H,24,25,28). The summed E-state index contributed by atoms with van der Waals surface area (Å²) < 4.78 is 7.64. The number of ether oxygens (including phenoxy) is 1. The molecule has 0 aliphatic carbocycles. The van der Waals surface area contributed by atoms with Gasteiger partial charge in [0.15, 0.2) is 0 Å². The van der Waals surface area contributed by atoms with Crippen LogP contribution >= 0.6 is 0 Å². The highest BCUT2D eigenvalue weighted by atomic mass is 16.5. The van der Waals surface area contributed by atoms with Gasteiger partial charge in [-0.2, -0.15) is 0 Å². The molecule has 29 heavy (non-hydrogen) atoms. The summed E-state index contributed by atoms with van der Waals surface area (Å²) in [5.41, 5.74) is 2.50. The van der Waals surface area contributed by atoms with E-state index in [1.807, 2.05) is 37.3 Å². The quantitative estimate of drug-likeness (QED) is 0.655. The average Bonchev–Trinajstić information content (AvgIpc) is 3.10. The van der Waals surface area contributed by atoms with Crippen LogP contribution in [0.25, 0.3) is 11.0 Å². The van der Waals surface area contributed by atoms with E-state index in [-0.39, 0.29) is 5.91 Å². The van der Waals surface area contributed by atoms with Gasteiger partial charge >= 0.3 is 0 Å². The Morgan fingerprint density at radius 3 is 2.72 bits per heavy atom. The fourth-order valence-electron chi connectivity index (χ4n) is 3.89. The third-order valence-corrected chi connectivity index (χ3v) is 5.38. The van der Waals surface area contributed by atoms with Gasteiger partial charge in [0.05, 0.1) is 17.6 Å². The number of benzene rings is 2. The molecule has 2 aromatic carbocycles. The fraction of sp³-hybridized carbons (Fsp3) is 0.391. The van der Waals surface area contributed by atoms with Gasteiger partial charge in [0.25, 0.3) is 5.91 Å². The highest BCUT2D eigenvalue weighted by Gasteiger charge is 2.16. The van der Waals surface area contributed by atoms with E-state index < -0.39 is 0 Å². The number of hydrogen-bond donors (Lipinski definition) is 1. The molecule has 1 aromatic heterocycles. The lowest BCUT2D eigenvalue weighted by Crippen LogP contribution is -2.32. The molecule has 6 heteroatoms. The SMILES string of the molecule is CCOc1cccc(C(=O)Nc2nc3ccccc3n2CCN2CCCCC2)c1. The number of hydrogen-bond acceptors (Lipinski definition) is 4. The van der Waals surface area contributed by atoms with Gasteiger partial charge in [-0.05, 0) is 63.2 Å². The van der Waals surface area contributed by atoms with E-state index in [1.165, 1.54) is 19.3 Å². The first-order valence-electron chi connectivity index (χ1n) is 10.5. The Kier molecular flexibility index (Phi) is 6.10. The van der Waals surface area contributed by atoms with Gasteiger partial charge < -0.3 is 14.2 Å². The maximum Gasteiger partial charge on any atom is 0.258 e. The van der Waals surface area contributed by atoms with Crippen molar-refractivity contribution in [3.8, 4) is 5.75 Å². The first kappa shape index (κ1) is 19.5. The maximum absolute atomic E-state index is 12.9. The zero-order valence-electron chi connectivity index (χ0n) is 16.9. The highest BCUT2D eigenvalue weighted by molar-refractivity contribution is 6.04. The minimum Gasteiger partial charge on any atom is -0.494 e. The fourth-order valence-corrected chi connectivity index (χ4v) is 3.89. The third kappa shape index (κ3) is 4.59. The molecule has 0 atom stereocenters. The van der Waals surface area contributed by atoms with Crippen LogP contribution in [0.1, 0.15) is 36.5 Å². The molecular formula is C23H28N4O2. The lowest BCUT2D eigenvalue weighted by Gasteiger charge is -2.26. The van der Waals surface area contributed by atoms with Crippen molar-refractivity contribution in [1.82, 2.24) is 14.5 Å². The van der Waals surface area contributed by atoms with Crippen LogP contribution in [0.2, 0.25) is 0 Å². The number of carbonyl (C=O) groups excluding carboxylic acids is 1. The zero-order chi connectivity index (χ0) is 20.1. The van der Waals surface area contributed by atoms with Crippen molar-refractivity contribution in [2.45, 2.75) is 32.7 Å². The molecule has 1 N–H and O–H groups in total. The first-order chi connectivity index (χ1) is 14.2. The van der Waals surface area contributed by atoms with Crippen molar-refractivity contribution in [2.24, 2.45) is 0 Å². The average molecular weight is 393 g/mol. The molecule has 0 unspecified atom stereocenters. The number of rotatable bonds is 7. The van der Waals surface area contributed by atoms with E-state index in [4.69, 9.17) is 4.74 Å². The van der Waals surface area contributed by atoms with Gasteiger partial charge in [-0.15, -0.1) is 0 Å². The molecule has 2 heterocycles. The largest absolute Gasteiger partial charge is 0.494 e. The highest BCUT2D eigenvalue weighted by Crippen LogP contribution is 2.21. The molecule has 1 amide bonds. The second kappa shape index (κ2) is 9.09. The zero-order valence-corrected chi connectivity index (χ0v) is 16.9. The Morgan fingerprint density at radius 2 is 1.90 bits per heavy atom. The van der Waals surface area contributed by atoms with Crippen LogP contribution in [-0.4, -0.2) is 46.6 Å². The van der Waals surface area contributed by atoms with Gasteiger partial charge in [-0.3, -0.25) is 10.1 Å². The van der Waals surface area contributed by atoms with Crippen molar-refractivity contribution in [3.05, 3.63) is 54.1 Å². The Hall–Kier alpha value is -2.86. The Balaban J connectivity index is 1.56. The number of carbonyl (C=O) groups is 1. The van der Waals surface area contributed by atoms with Crippen LogP contribution in [0.15, 0.2) is 48.5 Å². The number of para-hydroxylation sites is 2. The molecule has 4 rings (SSSR count). The van der Waals surface area contributed by atoms with Gasteiger partial charge in [-0.25, -0.2) is 4.98 Å². The molecule has 1 aliphatic rings. The van der Waals surface area contributed by atoms with E-state index in [0.717, 1.165) is 37.2 Å². The Labute approximate surface area is 171 Å². The Bertz CT molecular complexity index is 976. The molecule has 0 spiro atoms. The second-order valence-corrected chi connectivity index (χ2v) is 7.39. The lowest BCUT2D eigenvalue weighted by atomic mass is 10.1. The Morgan fingerprint density at radius 1 is 1.07 bits per heavy atom. The smallest absolute Gasteiger partial charge is 0.258 e. The van der Waals surface area contributed by atoms with Crippen molar-refractivity contribution in [3.63, 3.8) is 0 Å². The monoisotopic (exact) mass is 392 g/mol. The summed E-state index contributed by atoms with van der Waals surface area (Å²) >= 11 is 0. The topological polar surface area (TPSA) is 59.4 Å². The molecule has 1 aliphatic heterocycles. The van der Waals surface area contributed by atoms with Crippen LogP contribution in [0.4, 0.5) is 5.95 Å². The van der Waals surface area contributed by atoms with Crippen molar-refractivity contribution >= 4 is 22.9 Å². The molecule has 0 bridgehead atoms. The maximum atomic E-state index is 12.9. The van der Waals surface area contributed by atoms with E-state index in [2.05, 4.69) is 25.8 Å². The molecule has 1 saturated heterocycles. The van der Waals surface area contributed by atoms with Crippen molar-refractivity contribution in [1.29, 1.82) is 0 Å². The summed E-state index contributed by atoms with van der Waals surface area (Å²) in [7, 11) is 0. The summed E-state index contributed by atoms with van der Waals surface area (Å²) in [5.74, 6) is 1.11. The predicted molar refractivity (Wildman–Crippen MR) is 116 cm³/mol. The number of nitrogens with one attached hydrogen (secondary N) is 1. The van der Waals surface area contributed by atoms with E-state index in [0.29, 0.717) is 23.9 Å².